The summed E-state index contributed by atoms with van der Waals surface area (Å²) in [4.78, 5) is 5.42. The standard InChI is InChI=1S/C9H10N2O2S/c1-3-12-13-14-9-6-4-8(5-7-9)11-10-2/h3-7H,1H2,2H3. The van der Waals surface area contributed by atoms with Crippen molar-refractivity contribution in [2.75, 3.05) is 7.05 Å². The van der Waals surface area contributed by atoms with E-state index in [0.29, 0.717) is 0 Å². The Bertz CT molecular complexity index is 311. The average molecular weight is 210 g/mol. The summed E-state index contributed by atoms with van der Waals surface area (Å²) in [5.41, 5.74) is 0.807. The van der Waals surface area contributed by atoms with Crippen molar-refractivity contribution in [3.63, 3.8) is 0 Å². The van der Waals surface area contributed by atoms with E-state index in [1.165, 1.54) is 6.26 Å². The number of rotatable bonds is 5. The van der Waals surface area contributed by atoms with Crippen molar-refractivity contribution < 1.29 is 9.22 Å². The van der Waals surface area contributed by atoms with Crippen LogP contribution in [0.1, 0.15) is 0 Å². The van der Waals surface area contributed by atoms with Crippen LogP contribution >= 0.6 is 12.0 Å². The molecule has 0 aliphatic rings. The van der Waals surface area contributed by atoms with Crippen LogP contribution < -0.4 is 0 Å². The van der Waals surface area contributed by atoms with Gasteiger partial charge < -0.3 is 4.89 Å². The second-order valence-electron chi connectivity index (χ2n) is 2.21. The summed E-state index contributed by atoms with van der Waals surface area (Å²) in [6.45, 7) is 3.34. The molecule has 0 aromatic heterocycles. The highest BCUT2D eigenvalue weighted by atomic mass is 32.2. The lowest BCUT2D eigenvalue weighted by Crippen LogP contribution is -1.76. The van der Waals surface area contributed by atoms with E-state index in [1.807, 2.05) is 24.3 Å². The summed E-state index contributed by atoms with van der Waals surface area (Å²) < 4.78 is 4.71. The van der Waals surface area contributed by atoms with Gasteiger partial charge in [-0.15, -0.1) is 4.33 Å². The lowest BCUT2D eigenvalue weighted by atomic mass is 10.3. The van der Waals surface area contributed by atoms with E-state index in [9.17, 15) is 0 Å². The number of nitrogens with zero attached hydrogens (tertiary/aromatic N) is 2. The maximum Gasteiger partial charge on any atom is 0.123 e. The van der Waals surface area contributed by atoms with Crippen molar-refractivity contribution in [1.82, 2.24) is 0 Å². The zero-order chi connectivity index (χ0) is 10.2. The van der Waals surface area contributed by atoms with E-state index in [4.69, 9.17) is 4.33 Å². The van der Waals surface area contributed by atoms with Gasteiger partial charge in [0.15, 0.2) is 0 Å². The molecule has 0 fully saturated rings. The number of benzene rings is 1. The molecule has 0 atom stereocenters. The van der Waals surface area contributed by atoms with E-state index in [-0.39, 0.29) is 0 Å². The van der Waals surface area contributed by atoms with Crippen LogP contribution in [-0.2, 0) is 9.22 Å². The minimum absolute atomic E-state index is 0.807. The predicted octanol–water partition coefficient (Wildman–Crippen LogP) is 3.50. The first kappa shape index (κ1) is 10.7. The Labute approximate surface area is 86.8 Å². The lowest BCUT2D eigenvalue weighted by Gasteiger charge is -1.98. The first-order valence-electron chi connectivity index (χ1n) is 3.87. The van der Waals surface area contributed by atoms with Gasteiger partial charge in [0.2, 0.25) is 0 Å². The van der Waals surface area contributed by atoms with Gasteiger partial charge in [-0.2, -0.15) is 10.2 Å². The Morgan fingerprint density at radius 1 is 1.36 bits per heavy atom. The molecule has 0 aliphatic carbocycles. The van der Waals surface area contributed by atoms with E-state index in [2.05, 4.69) is 21.7 Å². The summed E-state index contributed by atoms with van der Waals surface area (Å²) in [5, 5.41) is 7.53. The molecule has 1 aromatic carbocycles. The molecule has 0 amide bonds. The topological polar surface area (TPSA) is 43.2 Å². The first-order valence-corrected chi connectivity index (χ1v) is 4.62. The Kier molecular flexibility index (Phi) is 4.74. The summed E-state index contributed by atoms with van der Waals surface area (Å²) in [7, 11) is 1.63. The van der Waals surface area contributed by atoms with Gasteiger partial charge in [0.1, 0.15) is 6.26 Å². The Hall–Kier alpha value is -1.33. The van der Waals surface area contributed by atoms with E-state index < -0.39 is 0 Å². The highest BCUT2D eigenvalue weighted by Gasteiger charge is 1.95. The molecule has 0 aliphatic heterocycles. The molecule has 0 spiro atoms. The molecule has 0 unspecified atom stereocenters. The molecule has 74 valence electrons. The molecule has 5 heteroatoms. The molecule has 0 saturated heterocycles. The summed E-state index contributed by atoms with van der Waals surface area (Å²) in [6.07, 6.45) is 1.21. The third kappa shape index (κ3) is 3.59. The fraction of sp³-hybridized carbons (Fsp3) is 0.111. The van der Waals surface area contributed by atoms with Gasteiger partial charge in [0, 0.05) is 11.9 Å². The quantitative estimate of drug-likeness (QED) is 0.186. The van der Waals surface area contributed by atoms with Crippen LogP contribution in [0.15, 0.2) is 52.2 Å². The molecule has 0 bridgehead atoms. The van der Waals surface area contributed by atoms with Gasteiger partial charge in [0.25, 0.3) is 0 Å². The minimum Gasteiger partial charge on any atom is -0.334 e. The summed E-state index contributed by atoms with van der Waals surface area (Å²) >= 11 is 1.11. The van der Waals surface area contributed by atoms with E-state index in [0.717, 1.165) is 22.6 Å². The smallest absolute Gasteiger partial charge is 0.123 e. The largest absolute Gasteiger partial charge is 0.334 e. The monoisotopic (exact) mass is 210 g/mol. The third-order valence-electron chi connectivity index (χ3n) is 1.29. The van der Waals surface area contributed by atoms with Crippen molar-refractivity contribution in [3.8, 4) is 0 Å². The summed E-state index contributed by atoms with van der Waals surface area (Å²) in [5.74, 6) is 0. The minimum atomic E-state index is 0.807. The fourth-order valence-corrected chi connectivity index (χ4v) is 1.19. The van der Waals surface area contributed by atoms with Gasteiger partial charge in [-0.1, -0.05) is 6.58 Å². The van der Waals surface area contributed by atoms with E-state index >= 15 is 0 Å². The molecule has 14 heavy (non-hydrogen) atoms. The third-order valence-corrected chi connectivity index (χ3v) is 1.90. The zero-order valence-electron chi connectivity index (χ0n) is 7.71. The maximum absolute atomic E-state index is 4.71. The van der Waals surface area contributed by atoms with Crippen molar-refractivity contribution >= 4 is 17.7 Å². The Balaban J connectivity index is 2.50. The zero-order valence-corrected chi connectivity index (χ0v) is 8.53. The summed E-state index contributed by atoms with van der Waals surface area (Å²) in [6, 6.07) is 7.40. The molecule has 4 nitrogen and oxygen atoms in total. The van der Waals surface area contributed by atoms with Gasteiger partial charge in [-0.05, 0) is 24.3 Å². The Morgan fingerprint density at radius 2 is 2.07 bits per heavy atom. The van der Waals surface area contributed by atoms with Crippen molar-refractivity contribution in [1.29, 1.82) is 0 Å². The number of hydrogen-bond acceptors (Lipinski definition) is 5. The van der Waals surface area contributed by atoms with Gasteiger partial charge >= 0.3 is 0 Å². The van der Waals surface area contributed by atoms with Crippen LogP contribution in [0, 0.1) is 0 Å². The molecule has 0 heterocycles. The van der Waals surface area contributed by atoms with Gasteiger partial charge in [0.05, 0.1) is 17.7 Å². The molecule has 1 rings (SSSR count). The van der Waals surface area contributed by atoms with Gasteiger partial charge in [-0.3, -0.25) is 0 Å². The number of hydrogen-bond donors (Lipinski definition) is 0. The van der Waals surface area contributed by atoms with Crippen LogP contribution in [0.3, 0.4) is 0 Å². The van der Waals surface area contributed by atoms with Crippen LogP contribution in [0.5, 0.6) is 0 Å². The highest BCUT2D eigenvalue weighted by molar-refractivity contribution is 7.94. The van der Waals surface area contributed by atoms with Crippen LogP contribution in [0.2, 0.25) is 0 Å². The Morgan fingerprint density at radius 3 is 2.64 bits per heavy atom. The van der Waals surface area contributed by atoms with Crippen LogP contribution in [0.4, 0.5) is 5.69 Å². The molecule has 0 N–H and O–H groups in total. The van der Waals surface area contributed by atoms with E-state index in [1.54, 1.807) is 7.05 Å². The SMILES string of the molecule is C=COOSc1ccc(N=NC)cc1. The second-order valence-corrected chi connectivity index (χ2v) is 2.98. The normalized spacial score (nSPS) is 10.4. The van der Waals surface area contributed by atoms with Crippen molar-refractivity contribution in [3.05, 3.63) is 37.1 Å². The molecular weight excluding hydrogens is 200 g/mol. The van der Waals surface area contributed by atoms with Crippen LogP contribution in [-0.4, -0.2) is 7.05 Å². The van der Waals surface area contributed by atoms with Crippen molar-refractivity contribution in [2.45, 2.75) is 4.90 Å². The predicted molar refractivity (Wildman–Crippen MR) is 55.1 cm³/mol. The molecule has 0 saturated carbocycles. The lowest BCUT2D eigenvalue weighted by molar-refractivity contribution is -0.129. The highest BCUT2D eigenvalue weighted by Crippen LogP contribution is 2.22. The molecule has 1 aromatic rings. The van der Waals surface area contributed by atoms with Crippen molar-refractivity contribution in [2.24, 2.45) is 10.2 Å². The van der Waals surface area contributed by atoms with Gasteiger partial charge in [-0.25, -0.2) is 0 Å². The maximum atomic E-state index is 4.71. The molecular formula is C9H10N2O2S. The number of azo groups is 1. The second kappa shape index (κ2) is 6.17. The van der Waals surface area contributed by atoms with Crippen LogP contribution in [0.25, 0.3) is 0 Å². The average Bonchev–Trinajstić information content (AvgIpc) is 2.21. The molecule has 0 radical (unpaired) electrons. The first-order chi connectivity index (χ1) is 6.86. The fourth-order valence-electron chi connectivity index (χ4n) is 0.771.